The molecule has 3 heterocycles. The zero-order valence-corrected chi connectivity index (χ0v) is 20.0. The van der Waals surface area contributed by atoms with E-state index < -0.39 is 21.4 Å². The Labute approximate surface area is 192 Å². The van der Waals surface area contributed by atoms with Crippen molar-refractivity contribution in [3.8, 4) is 11.1 Å². The van der Waals surface area contributed by atoms with E-state index in [1.165, 1.54) is 12.3 Å². The molecule has 0 spiro atoms. The van der Waals surface area contributed by atoms with Crippen molar-refractivity contribution in [2.75, 3.05) is 24.2 Å². The Morgan fingerprint density at radius 1 is 1.15 bits per heavy atom. The van der Waals surface area contributed by atoms with E-state index in [4.69, 9.17) is 4.98 Å². The van der Waals surface area contributed by atoms with Gasteiger partial charge in [-0.3, -0.25) is 9.78 Å². The molecule has 1 aliphatic heterocycles. The monoisotopic (exact) mass is 473 g/mol. The lowest BCUT2D eigenvalue weighted by Crippen LogP contribution is -2.44. The highest BCUT2D eigenvalue weighted by Gasteiger charge is 2.24. The summed E-state index contributed by atoms with van der Waals surface area (Å²) < 4.78 is 39.6. The Morgan fingerprint density at radius 3 is 2.48 bits per heavy atom. The van der Waals surface area contributed by atoms with Gasteiger partial charge >= 0.3 is 0 Å². The number of nitrogens with zero attached hydrogens (tertiary/aromatic N) is 3. The van der Waals surface area contributed by atoms with E-state index in [-0.39, 0.29) is 17.0 Å². The third kappa shape index (κ3) is 5.22. The standard InChI is InChI=1S/C23H28FN5O3S/c1-23(2,3)14-9-17(18-11-15(24)12-26-22(18)30)21-19(10-14)27-20(13-25-21)29-7-5-16(6-8-29)28-33(4,31)32/h9-13,16,28H,5-8H2,1-4H3,(H,26,30). The third-order valence-electron chi connectivity index (χ3n) is 5.86. The van der Waals surface area contributed by atoms with E-state index in [1.54, 1.807) is 6.20 Å². The van der Waals surface area contributed by atoms with Crippen molar-refractivity contribution in [2.24, 2.45) is 0 Å². The van der Waals surface area contributed by atoms with Crippen LogP contribution in [0.25, 0.3) is 22.2 Å². The lowest BCUT2D eigenvalue weighted by molar-refractivity contribution is 0.460. The van der Waals surface area contributed by atoms with Crippen LogP contribution in [0.15, 0.2) is 35.4 Å². The smallest absolute Gasteiger partial charge is 0.256 e. The first-order valence-corrected chi connectivity index (χ1v) is 12.7. The summed E-state index contributed by atoms with van der Waals surface area (Å²) in [6, 6.07) is 4.96. The van der Waals surface area contributed by atoms with Gasteiger partial charge in [-0.2, -0.15) is 0 Å². The number of sulfonamides is 1. The second kappa shape index (κ2) is 8.49. The number of anilines is 1. The van der Waals surface area contributed by atoms with E-state index in [2.05, 4.69) is 40.4 Å². The van der Waals surface area contributed by atoms with Crippen LogP contribution in [-0.2, 0) is 15.4 Å². The minimum Gasteiger partial charge on any atom is -0.355 e. The summed E-state index contributed by atoms with van der Waals surface area (Å²) in [7, 11) is -3.24. The van der Waals surface area contributed by atoms with Gasteiger partial charge in [0.05, 0.1) is 29.0 Å². The molecular weight excluding hydrogens is 445 g/mol. The molecule has 0 unspecified atom stereocenters. The molecule has 0 aliphatic carbocycles. The number of fused-ring (bicyclic) bond motifs is 1. The molecule has 10 heteroatoms. The van der Waals surface area contributed by atoms with Crippen molar-refractivity contribution in [3.63, 3.8) is 0 Å². The van der Waals surface area contributed by atoms with Gasteiger partial charge in [0.25, 0.3) is 5.56 Å². The van der Waals surface area contributed by atoms with Gasteiger partial charge in [0, 0.05) is 30.9 Å². The number of pyridine rings is 1. The quantitative estimate of drug-likeness (QED) is 0.603. The number of rotatable bonds is 4. The number of aromatic amines is 1. The van der Waals surface area contributed by atoms with Crippen LogP contribution in [0.3, 0.4) is 0 Å². The molecule has 0 bridgehead atoms. The van der Waals surface area contributed by atoms with E-state index in [0.717, 1.165) is 11.8 Å². The van der Waals surface area contributed by atoms with Gasteiger partial charge < -0.3 is 9.88 Å². The number of nitrogens with one attached hydrogen (secondary N) is 2. The highest BCUT2D eigenvalue weighted by molar-refractivity contribution is 7.88. The Bertz CT molecular complexity index is 1360. The van der Waals surface area contributed by atoms with Crippen LogP contribution in [0.4, 0.5) is 10.2 Å². The second-order valence-electron chi connectivity index (χ2n) is 9.58. The molecule has 1 aromatic carbocycles. The number of hydrogen-bond donors (Lipinski definition) is 2. The highest BCUT2D eigenvalue weighted by atomic mass is 32.2. The fraction of sp³-hybridized carbons (Fsp3) is 0.435. The number of benzene rings is 1. The van der Waals surface area contributed by atoms with Gasteiger partial charge in [-0.15, -0.1) is 0 Å². The lowest BCUT2D eigenvalue weighted by atomic mass is 9.85. The number of halogens is 1. The van der Waals surface area contributed by atoms with Crippen LogP contribution in [0, 0.1) is 5.82 Å². The molecule has 1 aliphatic rings. The van der Waals surface area contributed by atoms with Crippen LogP contribution in [0.5, 0.6) is 0 Å². The second-order valence-corrected chi connectivity index (χ2v) is 11.4. The molecule has 8 nitrogen and oxygen atoms in total. The fourth-order valence-electron chi connectivity index (χ4n) is 4.09. The van der Waals surface area contributed by atoms with E-state index in [9.17, 15) is 17.6 Å². The van der Waals surface area contributed by atoms with E-state index >= 15 is 0 Å². The number of hydrogen-bond acceptors (Lipinski definition) is 6. The van der Waals surface area contributed by atoms with Gasteiger partial charge in [0.1, 0.15) is 11.6 Å². The van der Waals surface area contributed by atoms with Gasteiger partial charge in [0.15, 0.2) is 0 Å². The average Bonchev–Trinajstić information content (AvgIpc) is 2.73. The maximum Gasteiger partial charge on any atom is 0.256 e. The molecule has 33 heavy (non-hydrogen) atoms. The SMILES string of the molecule is CC(C)(C)c1cc(-c2cc(F)c[nH]c2=O)c2ncc(N3CCC(NS(C)(=O)=O)CC3)nc2c1. The molecule has 0 amide bonds. The van der Waals surface area contributed by atoms with Crippen molar-refractivity contribution >= 4 is 26.9 Å². The molecular formula is C23H28FN5O3S. The van der Waals surface area contributed by atoms with Gasteiger partial charge in [-0.25, -0.2) is 22.5 Å². The molecule has 2 N–H and O–H groups in total. The van der Waals surface area contributed by atoms with E-state index in [0.29, 0.717) is 48.3 Å². The predicted molar refractivity (Wildman–Crippen MR) is 127 cm³/mol. The van der Waals surface area contributed by atoms with E-state index in [1.807, 2.05) is 12.1 Å². The normalized spacial score (nSPS) is 15.8. The van der Waals surface area contributed by atoms with Crippen LogP contribution in [0.1, 0.15) is 39.2 Å². The molecule has 0 saturated carbocycles. The molecule has 176 valence electrons. The van der Waals surface area contributed by atoms with Crippen molar-refractivity contribution in [3.05, 3.63) is 52.3 Å². The number of piperidine rings is 1. The zero-order chi connectivity index (χ0) is 24.0. The van der Waals surface area contributed by atoms with Crippen molar-refractivity contribution in [2.45, 2.75) is 45.1 Å². The third-order valence-corrected chi connectivity index (χ3v) is 6.62. The summed E-state index contributed by atoms with van der Waals surface area (Å²) in [5.74, 6) is 0.152. The lowest BCUT2D eigenvalue weighted by Gasteiger charge is -2.32. The van der Waals surface area contributed by atoms with Crippen molar-refractivity contribution in [1.29, 1.82) is 0 Å². The molecule has 1 saturated heterocycles. The summed E-state index contributed by atoms with van der Waals surface area (Å²) in [5, 5.41) is 0. The average molecular weight is 474 g/mol. The Hall–Kier alpha value is -2.85. The molecule has 2 aromatic heterocycles. The van der Waals surface area contributed by atoms with Crippen molar-refractivity contribution in [1.82, 2.24) is 19.7 Å². The van der Waals surface area contributed by atoms with Gasteiger partial charge in [0.2, 0.25) is 10.0 Å². The zero-order valence-electron chi connectivity index (χ0n) is 19.1. The van der Waals surface area contributed by atoms with Crippen LogP contribution in [0.2, 0.25) is 0 Å². The first-order valence-electron chi connectivity index (χ1n) is 10.8. The molecule has 3 aromatic rings. The number of aromatic nitrogens is 3. The largest absolute Gasteiger partial charge is 0.355 e. The van der Waals surface area contributed by atoms with Gasteiger partial charge in [-0.1, -0.05) is 20.8 Å². The Balaban J connectivity index is 1.75. The summed E-state index contributed by atoms with van der Waals surface area (Å²) in [6.07, 6.45) is 5.19. The minimum absolute atomic E-state index is 0.0940. The summed E-state index contributed by atoms with van der Waals surface area (Å²) >= 11 is 0. The van der Waals surface area contributed by atoms with Crippen LogP contribution < -0.4 is 15.2 Å². The van der Waals surface area contributed by atoms with Gasteiger partial charge in [-0.05, 0) is 42.0 Å². The minimum atomic E-state index is -3.24. The molecule has 0 atom stereocenters. The Morgan fingerprint density at radius 2 is 1.85 bits per heavy atom. The maximum atomic E-state index is 14.0. The first kappa shape index (κ1) is 23.3. The highest BCUT2D eigenvalue weighted by Crippen LogP contribution is 2.33. The molecule has 0 radical (unpaired) electrons. The maximum absolute atomic E-state index is 14.0. The van der Waals surface area contributed by atoms with Crippen molar-refractivity contribution < 1.29 is 12.8 Å². The van der Waals surface area contributed by atoms with Crippen LogP contribution >= 0.6 is 0 Å². The molecule has 1 fully saturated rings. The number of H-pyrrole nitrogens is 1. The summed E-state index contributed by atoms with van der Waals surface area (Å²) in [5.41, 5.74) is 2.22. The Kier molecular flexibility index (Phi) is 6.00. The van der Waals surface area contributed by atoms with Crippen LogP contribution in [-0.4, -0.2) is 48.8 Å². The first-order chi connectivity index (χ1) is 15.4. The summed E-state index contributed by atoms with van der Waals surface area (Å²) in [4.78, 5) is 26.4. The summed E-state index contributed by atoms with van der Waals surface area (Å²) in [6.45, 7) is 7.46. The predicted octanol–water partition coefficient (Wildman–Crippen LogP) is 2.94. The topological polar surface area (TPSA) is 108 Å². The molecule has 4 rings (SSSR count). The fourth-order valence-corrected chi connectivity index (χ4v) is 4.93.